The summed E-state index contributed by atoms with van der Waals surface area (Å²) in [6, 6.07) is 7.96. The molecule has 0 atom stereocenters. The lowest BCUT2D eigenvalue weighted by molar-refractivity contribution is -0.114. The number of esters is 1. The van der Waals surface area contributed by atoms with Crippen molar-refractivity contribution in [2.24, 2.45) is 0 Å². The van der Waals surface area contributed by atoms with E-state index in [1.807, 2.05) is 31.4 Å². The molecule has 0 radical (unpaired) electrons. The molecule has 1 aromatic carbocycles. The van der Waals surface area contributed by atoms with Gasteiger partial charge in [0.15, 0.2) is 17.4 Å². The lowest BCUT2D eigenvalue weighted by Crippen LogP contribution is -2.15. The van der Waals surface area contributed by atoms with Gasteiger partial charge in [-0.1, -0.05) is 6.07 Å². The molecule has 8 heteroatoms. The predicted octanol–water partition coefficient (Wildman–Crippen LogP) is 4.17. The van der Waals surface area contributed by atoms with Gasteiger partial charge in [-0.2, -0.15) is 0 Å². The van der Waals surface area contributed by atoms with Crippen molar-refractivity contribution in [1.29, 1.82) is 0 Å². The van der Waals surface area contributed by atoms with E-state index in [9.17, 15) is 14.4 Å². The molecule has 1 N–H and O–H groups in total. The SMILES string of the molecule is CC(=O)Nc1nc(C(=O)OCC(=O)c2cc(C)n(-c3ccc(C)c(C)c3)c2C)cs1. The number of aryl methyl sites for hydroxylation is 3. The van der Waals surface area contributed by atoms with Gasteiger partial charge in [-0.25, -0.2) is 9.78 Å². The normalized spacial score (nSPS) is 10.7. The minimum atomic E-state index is -0.709. The van der Waals surface area contributed by atoms with Gasteiger partial charge < -0.3 is 14.6 Å². The Morgan fingerprint density at radius 2 is 1.83 bits per heavy atom. The average molecular weight is 426 g/mol. The molecule has 156 valence electrons. The average Bonchev–Trinajstić information content (AvgIpc) is 3.25. The van der Waals surface area contributed by atoms with Gasteiger partial charge in [0.25, 0.3) is 0 Å². The second-order valence-electron chi connectivity index (χ2n) is 7.11. The zero-order valence-corrected chi connectivity index (χ0v) is 18.3. The van der Waals surface area contributed by atoms with Crippen LogP contribution in [0.15, 0.2) is 29.6 Å². The molecule has 0 bridgehead atoms. The standard InChI is InChI=1S/C22H23N3O4S/c1-12-6-7-17(8-13(12)2)25-14(3)9-18(15(25)4)20(27)10-29-21(28)19-11-30-22(24-19)23-16(5)26/h6-9,11H,10H2,1-5H3,(H,23,24,26). The quantitative estimate of drug-likeness (QED) is 0.473. The van der Waals surface area contributed by atoms with Crippen LogP contribution in [0.1, 0.15) is 50.3 Å². The summed E-state index contributed by atoms with van der Waals surface area (Å²) in [5, 5.41) is 4.28. The van der Waals surface area contributed by atoms with Crippen molar-refractivity contribution in [2.45, 2.75) is 34.6 Å². The summed E-state index contributed by atoms with van der Waals surface area (Å²) in [4.78, 5) is 39.9. The van der Waals surface area contributed by atoms with Crippen molar-refractivity contribution < 1.29 is 19.1 Å². The van der Waals surface area contributed by atoms with Gasteiger partial charge in [0.05, 0.1) is 0 Å². The number of ether oxygens (including phenoxy) is 1. The predicted molar refractivity (Wildman–Crippen MR) is 116 cm³/mol. The summed E-state index contributed by atoms with van der Waals surface area (Å²) in [7, 11) is 0. The van der Waals surface area contributed by atoms with Crippen LogP contribution in [0.4, 0.5) is 5.13 Å². The lowest BCUT2D eigenvalue weighted by atomic mass is 10.1. The molecule has 0 aliphatic heterocycles. The van der Waals surface area contributed by atoms with Crippen molar-refractivity contribution in [3.63, 3.8) is 0 Å². The van der Waals surface area contributed by atoms with Gasteiger partial charge >= 0.3 is 5.97 Å². The van der Waals surface area contributed by atoms with Crippen LogP contribution in [-0.2, 0) is 9.53 Å². The first kappa shape index (κ1) is 21.4. The minimum Gasteiger partial charge on any atom is -0.453 e. The minimum absolute atomic E-state index is 0.0529. The van der Waals surface area contributed by atoms with Crippen LogP contribution in [0.5, 0.6) is 0 Å². The highest BCUT2D eigenvalue weighted by molar-refractivity contribution is 7.14. The third kappa shape index (κ3) is 4.49. The molecule has 30 heavy (non-hydrogen) atoms. The zero-order chi connectivity index (χ0) is 22.0. The van der Waals surface area contributed by atoms with Gasteiger partial charge in [0, 0.05) is 34.9 Å². The van der Waals surface area contributed by atoms with E-state index in [2.05, 4.69) is 29.4 Å². The molecule has 0 aliphatic carbocycles. The van der Waals surface area contributed by atoms with Crippen LogP contribution in [0, 0.1) is 27.7 Å². The Balaban J connectivity index is 1.73. The fourth-order valence-electron chi connectivity index (χ4n) is 3.17. The lowest BCUT2D eigenvalue weighted by Gasteiger charge is -2.12. The second-order valence-corrected chi connectivity index (χ2v) is 7.97. The molecule has 2 aromatic heterocycles. The van der Waals surface area contributed by atoms with Crippen LogP contribution in [0.25, 0.3) is 5.69 Å². The summed E-state index contributed by atoms with van der Waals surface area (Å²) in [6.45, 7) is 8.88. The third-order valence-corrected chi connectivity index (χ3v) is 5.57. The fraction of sp³-hybridized carbons (Fsp3) is 0.273. The number of benzene rings is 1. The number of amides is 1. The number of nitrogens with zero attached hydrogens (tertiary/aromatic N) is 2. The van der Waals surface area contributed by atoms with Crippen LogP contribution in [0.2, 0.25) is 0 Å². The van der Waals surface area contributed by atoms with Crippen LogP contribution >= 0.6 is 11.3 Å². The van der Waals surface area contributed by atoms with Crippen molar-refractivity contribution in [3.05, 3.63) is 63.4 Å². The molecule has 0 fully saturated rings. The highest BCUT2D eigenvalue weighted by Crippen LogP contribution is 2.23. The largest absolute Gasteiger partial charge is 0.453 e. The summed E-state index contributed by atoms with van der Waals surface area (Å²) in [6.07, 6.45) is 0. The molecular formula is C22H23N3O4S. The summed E-state index contributed by atoms with van der Waals surface area (Å²) in [5.41, 5.74) is 5.63. The Morgan fingerprint density at radius 1 is 1.10 bits per heavy atom. The molecule has 7 nitrogen and oxygen atoms in total. The maximum absolute atomic E-state index is 12.7. The topological polar surface area (TPSA) is 90.3 Å². The molecule has 3 rings (SSSR count). The number of nitrogens with one attached hydrogen (secondary N) is 1. The first-order valence-electron chi connectivity index (χ1n) is 9.37. The number of hydrogen-bond donors (Lipinski definition) is 1. The van der Waals surface area contributed by atoms with E-state index < -0.39 is 5.97 Å². The summed E-state index contributed by atoms with van der Waals surface area (Å²) < 4.78 is 7.16. The van der Waals surface area contributed by atoms with E-state index in [0.717, 1.165) is 28.4 Å². The van der Waals surface area contributed by atoms with E-state index in [1.54, 1.807) is 6.07 Å². The number of carbonyl (C=O) groups excluding carboxylic acids is 3. The summed E-state index contributed by atoms with van der Waals surface area (Å²) in [5.74, 6) is -1.28. The molecule has 3 aromatic rings. The Hall–Kier alpha value is -3.26. The first-order chi connectivity index (χ1) is 14.2. The van der Waals surface area contributed by atoms with Crippen LogP contribution < -0.4 is 5.32 Å². The van der Waals surface area contributed by atoms with Crippen LogP contribution in [0.3, 0.4) is 0 Å². The smallest absolute Gasteiger partial charge is 0.358 e. The van der Waals surface area contributed by atoms with Crippen LogP contribution in [-0.4, -0.2) is 33.8 Å². The van der Waals surface area contributed by atoms with Crippen molar-refractivity contribution in [2.75, 3.05) is 11.9 Å². The Kier molecular flexibility index (Phi) is 6.17. The molecular weight excluding hydrogens is 402 g/mol. The van der Waals surface area contributed by atoms with Crippen molar-refractivity contribution >= 4 is 34.1 Å². The number of rotatable bonds is 6. The fourth-order valence-corrected chi connectivity index (χ4v) is 3.89. The monoisotopic (exact) mass is 425 g/mol. The van der Waals surface area contributed by atoms with Gasteiger partial charge in [-0.3, -0.25) is 9.59 Å². The Bertz CT molecular complexity index is 1140. The van der Waals surface area contributed by atoms with Gasteiger partial charge in [-0.05, 0) is 57.0 Å². The maximum Gasteiger partial charge on any atom is 0.358 e. The van der Waals surface area contributed by atoms with E-state index in [-0.39, 0.29) is 24.0 Å². The van der Waals surface area contributed by atoms with Crippen molar-refractivity contribution in [1.82, 2.24) is 9.55 Å². The Labute approximate surface area is 178 Å². The number of carbonyl (C=O) groups is 3. The highest BCUT2D eigenvalue weighted by atomic mass is 32.1. The number of thiazole rings is 1. The number of anilines is 1. The number of Topliss-reactive ketones (excluding diaryl/α,β-unsaturated/α-hetero) is 1. The molecule has 0 saturated heterocycles. The molecule has 0 unspecified atom stereocenters. The zero-order valence-electron chi connectivity index (χ0n) is 17.5. The third-order valence-electron chi connectivity index (χ3n) is 4.81. The van der Waals surface area contributed by atoms with E-state index >= 15 is 0 Å². The number of hydrogen-bond acceptors (Lipinski definition) is 6. The number of aromatic nitrogens is 2. The summed E-state index contributed by atoms with van der Waals surface area (Å²) >= 11 is 1.11. The van der Waals surface area contributed by atoms with Gasteiger partial charge in [-0.15, -0.1) is 11.3 Å². The Morgan fingerprint density at radius 3 is 2.50 bits per heavy atom. The molecule has 1 amide bonds. The van der Waals surface area contributed by atoms with Gasteiger partial charge in [0.2, 0.25) is 11.7 Å². The maximum atomic E-state index is 12.7. The van der Waals surface area contributed by atoms with Gasteiger partial charge in [0.1, 0.15) is 0 Å². The second kappa shape index (κ2) is 8.62. The molecule has 0 aliphatic rings. The number of ketones is 1. The first-order valence-corrected chi connectivity index (χ1v) is 10.3. The van der Waals surface area contributed by atoms with E-state index in [1.165, 1.54) is 23.4 Å². The van der Waals surface area contributed by atoms with Crippen molar-refractivity contribution in [3.8, 4) is 5.69 Å². The molecule has 0 saturated carbocycles. The highest BCUT2D eigenvalue weighted by Gasteiger charge is 2.20. The van der Waals surface area contributed by atoms with E-state index in [0.29, 0.717) is 10.7 Å². The van der Waals surface area contributed by atoms with E-state index in [4.69, 9.17) is 4.74 Å². The molecule has 0 spiro atoms. The molecule has 2 heterocycles.